The molecule has 0 aliphatic heterocycles. The molecule has 24 heavy (non-hydrogen) atoms. The van der Waals surface area contributed by atoms with E-state index in [9.17, 15) is 19.2 Å². The Labute approximate surface area is 153 Å². The van der Waals surface area contributed by atoms with Crippen LogP contribution in [0.1, 0.15) is 20.7 Å². The molecule has 1 aromatic carbocycles. The maximum atomic E-state index is 10.9. The second kappa shape index (κ2) is 9.33. The molecule has 0 atom stereocenters. The average molecular weight is 420 g/mol. The summed E-state index contributed by atoms with van der Waals surface area (Å²) in [6.07, 6.45) is 1.12. The fourth-order valence-corrected chi connectivity index (χ4v) is 2.19. The smallest absolute Gasteiger partial charge is 0.338 e. The standard InChI is InChI=1S/C8H2Cl4O4.C4H4O4/c9-3-1(7(13)14)2(8(15)16)4(10)6(12)5(3)11;5-3(6)1-2-4(7)8/h(H,13,14)(H,15,16);1-2H,(H,5,6)(H,7,8)/b;2-1-. The summed E-state index contributed by atoms with van der Waals surface area (Å²) < 4.78 is 0. The molecule has 0 amide bonds. The first-order chi connectivity index (χ1) is 10.9. The van der Waals surface area contributed by atoms with Crippen molar-refractivity contribution in [3.05, 3.63) is 43.4 Å². The molecule has 0 fully saturated rings. The first kappa shape index (κ1) is 22.0. The maximum Gasteiger partial charge on any atom is 0.338 e. The first-order valence-electron chi connectivity index (χ1n) is 5.38. The Kier molecular flexibility index (Phi) is 8.56. The zero-order valence-electron chi connectivity index (χ0n) is 11.1. The van der Waals surface area contributed by atoms with Crippen LogP contribution in [0.4, 0.5) is 0 Å². The molecule has 0 unspecified atom stereocenters. The van der Waals surface area contributed by atoms with Crippen molar-refractivity contribution in [3.63, 3.8) is 0 Å². The van der Waals surface area contributed by atoms with Gasteiger partial charge in [-0.25, -0.2) is 19.2 Å². The predicted octanol–water partition coefficient (Wildman–Crippen LogP) is 3.41. The van der Waals surface area contributed by atoms with Crippen molar-refractivity contribution in [2.75, 3.05) is 0 Å². The molecular weight excluding hydrogens is 414 g/mol. The number of hydrogen-bond donors (Lipinski definition) is 4. The zero-order chi connectivity index (χ0) is 19.2. The lowest BCUT2D eigenvalue weighted by Gasteiger charge is -2.10. The van der Waals surface area contributed by atoms with E-state index >= 15 is 0 Å². The van der Waals surface area contributed by atoms with Crippen molar-refractivity contribution < 1.29 is 39.6 Å². The third-order valence-electron chi connectivity index (χ3n) is 2.06. The largest absolute Gasteiger partial charge is 0.478 e. The van der Waals surface area contributed by atoms with Crippen LogP contribution in [-0.4, -0.2) is 44.3 Å². The van der Waals surface area contributed by atoms with Gasteiger partial charge in [-0.3, -0.25) is 0 Å². The Balaban J connectivity index is 0.000000561. The van der Waals surface area contributed by atoms with Gasteiger partial charge in [0.15, 0.2) is 0 Å². The quantitative estimate of drug-likeness (QED) is 0.329. The van der Waals surface area contributed by atoms with Gasteiger partial charge >= 0.3 is 23.9 Å². The van der Waals surface area contributed by atoms with Gasteiger partial charge < -0.3 is 20.4 Å². The van der Waals surface area contributed by atoms with E-state index in [4.69, 9.17) is 66.8 Å². The summed E-state index contributed by atoms with van der Waals surface area (Å²) in [5.41, 5.74) is -1.37. The van der Waals surface area contributed by atoms with Gasteiger partial charge in [-0.2, -0.15) is 0 Å². The number of carboxylic acid groups (broad SMARTS) is 4. The Morgan fingerprint density at radius 3 is 1.00 bits per heavy atom. The van der Waals surface area contributed by atoms with Crippen LogP contribution < -0.4 is 0 Å². The normalized spacial score (nSPS) is 10.0. The van der Waals surface area contributed by atoms with Crippen LogP contribution >= 0.6 is 46.4 Å². The third kappa shape index (κ3) is 5.89. The molecule has 0 aliphatic carbocycles. The van der Waals surface area contributed by atoms with Crippen molar-refractivity contribution in [2.24, 2.45) is 0 Å². The molecule has 12 heteroatoms. The number of benzene rings is 1. The van der Waals surface area contributed by atoms with Crippen LogP contribution in [0.25, 0.3) is 0 Å². The lowest BCUT2D eigenvalue weighted by molar-refractivity contribution is -0.134. The number of halogens is 4. The summed E-state index contributed by atoms with van der Waals surface area (Å²) in [6.45, 7) is 0. The Morgan fingerprint density at radius 1 is 0.583 bits per heavy atom. The van der Waals surface area contributed by atoms with E-state index in [0.29, 0.717) is 12.2 Å². The van der Waals surface area contributed by atoms with Crippen molar-refractivity contribution in [1.82, 2.24) is 0 Å². The van der Waals surface area contributed by atoms with Gasteiger partial charge in [-0.15, -0.1) is 0 Å². The molecule has 8 nitrogen and oxygen atoms in total. The lowest BCUT2D eigenvalue weighted by Crippen LogP contribution is -2.10. The van der Waals surface area contributed by atoms with Crippen molar-refractivity contribution in [3.8, 4) is 0 Å². The topological polar surface area (TPSA) is 149 Å². The highest BCUT2D eigenvalue weighted by atomic mass is 35.5. The Bertz CT molecular complexity index is 680. The Hall–Kier alpha value is -2.00. The van der Waals surface area contributed by atoms with Crippen molar-refractivity contribution in [1.29, 1.82) is 0 Å². The molecule has 1 rings (SSSR count). The summed E-state index contributed by atoms with van der Waals surface area (Å²) in [7, 11) is 0. The molecule has 0 radical (unpaired) electrons. The van der Waals surface area contributed by atoms with E-state index in [0.717, 1.165) is 0 Å². The van der Waals surface area contributed by atoms with Gasteiger partial charge in [0.25, 0.3) is 0 Å². The zero-order valence-corrected chi connectivity index (χ0v) is 14.1. The maximum absolute atomic E-state index is 10.9. The summed E-state index contributed by atoms with van der Waals surface area (Å²) in [4.78, 5) is 40.8. The van der Waals surface area contributed by atoms with E-state index in [1.165, 1.54) is 0 Å². The fraction of sp³-hybridized carbons (Fsp3) is 0. The highest BCUT2D eigenvalue weighted by Gasteiger charge is 2.28. The number of carboxylic acids is 4. The highest BCUT2D eigenvalue weighted by molar-refractivity contribution is 6.53. The summed E-state index contributed by atoms with van der Waals surface area (Å²) in [5.74, 6) is -5.62. The molecule has 4 N–H and O–H groups in total. The number of rotatable bonds is 4. The average Bonchev–Trinajstić information content (AvgIpc) is 2.46. The molecule has 0 bridgehead atoms. The van der Waals surface area contributed by atoms with Gasteiger partial charge in [0, 0.05) is 12.2 Å². The van der Waals surface area contributed by atoms with E-state index in [1.807, 2.05) is 0 Å². The van der Waals surface area contributed by atoms with Crippen LogP contribution in [0.5, 0.6) is 0 Å². The van der Waals surface area contributed by atoms with Crippen LogP contribution in [-0.2, 0) is 9.59 Å². The second-order valence-corrected chi connectivity index (χ2v) is 5.14. The van der Waals surface area contributed by atoms with Gasteiger partial charge in [0.2, 0.25) is 0 Å². The van der Waals surface area contributed by atoms with E-state index in [1.54, 1.807) is 0 Å². The third-order valence-corrected chi connectivity index (χ3v) is 3.87. The molecule has 0 saturated heterocycles. The summed E-state index contributed by atoms with van der Waals surface area (Å²) >= 11 is 22.4. The predicted molar refractivity (Wildman–Crippen MR) is 84.8 cm³/mol. The molecule has 0 aromatic heterocycles. The Morgan fingerprint density at radius 2 is 0.833 bits per heavy atom. The van der Waals surface area contributed by atoms with Crippen molar-refractivity contribution in [2.45, 2.75) is 0 Å². The van der Waals surface area contributed by atoms with Crippen LogP contribution in [0.2, 0.25) is 20.1 Å². The molecule has 1 aromatic rings. The number of aromatic carboxylic acids is 2. The fourth-order valence-electron chi connectivity index (χ4n) is 1.18. The van der Waals surface area contributed by atoms with Gasteiger partial charge in [-0.1, -0.05) is 46.4 Å². The summed E-state index contributed by atoms with van der Waals surface area (Å²) in [5, 5.41) is 31.8. The summed E-state index contributed by atoms with van der Waals surface area (Å²) in [6, 6.07) is 0. The van der Waals surface area contributed by atoms with Gasteiger partial charge in [0.1, 0.15) is 0 Å². The number of carbonyl (C=O) groups is 4. The molecule has 0 spiro atoms. The van der Waals surface area contributed by atoms with Crippen molar-refractivity contribution >= 4 is 70.3 Å². The van der Waals surface area contributed by atoms with Crippen LogP contribution in [0.15, 0.2) is 12.2 Å². The molecule has 0 aliphatic rings. The molecule has 0 heterocycles. The number of aliphatic carboxylic acids is 2. The van der Waals surface area contributed by atoms with E-state index < -0.39 is 45.0 Å². The molecule has 0 saturated carbocycles. The van der Waals surface area contributed by atoms with E-state index in [2.05, 4.69) is 0 Å². The van der Waals surface area contributed by atoms with Gasteiger partial charge in [0.05, 0.1) is 31.2 Å². The highest BCUT2D eigenvalue weighted by Crippen LogP contribution is 2.41. The monoisotopic (exact) mass is 418 g/mol. The second-order valence-electron chi connectivity index (χ2n) is 3.63. The van der Waals surface area contributed by atoms with Gasteiger partial charge in [-0.05, 0) is 0 Å². The number of hydrogen-bond acceptors (Lipinski definition) is 4. The molecular formula is C12H6Cl4O8. The SMILES string of the molecule is O=C(O)/C=C\C(=O)O.O=C(O)c1c(Cl)c(Cl)c(Cl)c(Cl)c1C(=O)O. The minimum atomic E-state index is -1.55. The van der Waals surface area contributed by atoms with E-state index in [-0.39, 0.29) is 10.0 Å². The first-order valence-corrected chi connectivity index (χ1v) is 6.89. The lowest BCUT2D eigenvalue weighted by atomic mass is 10.1. The minimum Gasteiger partial charge on any atom is -0.478 e. The van der Waals surface area contributed by atoms with Crippen LogP contribution in [0, 0.1) is 0 Å². The minimum absolute atomic E-state index is 0.296. The molecule has 130 valence electrons. The van der Waals surface area contributed by atoms with Crippen LogP contribution in [0.3, 0.4) is 0 Å².